The van der Waals surface area contributed by atoms with Crippen molar-refractivity contribution in [3.8, 4) is 16.9 Å². The summed E-state index contributed by atoms with van der Waals surface area (Å²) in [5, 5.41) is 8.69. The van der Waals surface area contributed by atoms with Crippen LogP contribution in [0.2, 0.25) is 0 Å². The molecule has 2 aromatic rings. The van der Waals surface area contributed by atoms with Gasteiger partial charge in [-0.1, -0.05) is 30.3 Å². The van der Waals surface area contributed by atoms with E-state index in [4.69, 9.17) is 15.6 Å². The summed E-state index contributed by atoms with van der Waals surface area (Å²) in [5.74, 6) is -0.155. The molecule has 114 valence electrons. The van der Waals surface area contributed by atoms with E-state index in [1.54, 1.807) is 6.08 Å². The average molecular weight is 297 g/mol. The second-order valence-electron chi connectivity index (χ2n) is 4.82. The molecule has 0 amide bonds. The zero-order valence-electron chi connectivity index (χ0n) is 12.2. The zero-order valence-corrected chi connectivity index (χ0v) is 12.2. The van der Waals surface area contributed by atoms with Crippen LogP contribution in [0.15, 0.2) is 54.6 Å². The van der Waals surface area contributed by atoms with Gasteiger partial charge in [0, 0.05) is 6.08 Å². The van der Waals surface area contributed by atoms with Crippen LogP contribution in [0.1, 0.15) is 12.0 Å². The van der Waals surface area contributed by atoms with Gasteiger partial charge >= 0.3 is 5.97 Å². The summed E-state index contributed by atoms with van der Waals surface area (Å²) in [4.78, 5) is 10.6. The quantitative estimate of drug-likeness (QED) is 0.608. The van der Waals surface area contributed by atoms with Crippen molar-refractivity contribution < 1.29 is 14.6 Å². The summed E-state index contributed by atoms with van der Waals surface area (Å²) in [6.07, 6.45) is 3.53. The molecule has 0 unspecified atom stereocenters. The van der Waals surface area contributed by atoms with Gasteiger partial charge in [-0.25, -0.2) is 4.79 Å². The number of ether oxygens (including phenoxy) is 1. The minimum Gasteiger partial charge on any atom is -0.494 e. The van der Waals surface area contributed by atoms with Crippen molar-refractivity contribution in [3.63, 3.8) is 0 Å². The standard InChI is InChI=1S/C18H19NO3/c19-10-3-11-22-17-7-2-6-16(13-17)15-5-1-4-14(12-15)8-9-18(20)21/h1-2,4-9,12-13H,3,10-11,19H2,(H,20,21)/b9-8+. The molecule has 0 aliphatic carbocycles. The molecule has 0 radical (unpaired) electrons. The van der Waals surface area contributed by atoms with Crippen LogP contribution >= 0.6 is 0 Å². The molecule has 3 N–H and O–H groups in total. The summed E-state index contributed by atoms with van der Waals surface area (Å²) in [5.41, 5.74) is 8.33. The van der Waals surface area contributed by atoms with Crippen LogP contribution in [0, 0.1) is 0 Å². The Bertz CT molecular complexity index is 665. The fourth-order valence-electron chi connectivity index (χ4n) is 2.03. The third-order valence-electron chi connectivity index (χ3n) is 3.09. The molecule has 0 aliphatic rings. The first-order valence-electron chi connectivity index (χ1n) is 7.13. The van der Waals surface area contributed by atoms with Crippen molar-refractivity contribution in [1.29, 1.82) is 0 Å². The highest BCUT2D eigenvalue weighted by Crippen LogP contribution is 2.25. The highest BCUT2D eigenvalue weighted by Gasteiger charge is 2.01. The number of benzene rings is 2. The maximum Gasteiger partial charge on any atom is 0.328 e. The molecule has 2 rings (SSSR count). The molecule has 22 heavy (non-hydrogen) atoms. The number of carboxylic acids is 1. The number of hydrogen-bond acceptors (Lipinski definition) is 3. The Labute approximate surface area is 129 Å². The number of aliphatic carboxylic acids is 1. The molecule has 4 heteroatoms. The van der Waals surface area contributed by atoms with E-state index in [0.29, 0.717) is 13.2 Å². The van der Waals surface area contributed by atoms with E-state index in [1.165, 1.54) is 0 Å². The molecule has 0 heterocycles. The average Bonchev–Trinajstić information content (AvgIpc) is 2.54. The number of carbonyl (C=O) groups is 1. The highest BCUT2D eigenvalue weighted by molar-refractivity contribution is 5.85. The van der Waals surface area contributed by atoms with Crippen LogP contribution < -0.4 is 10.5 Å². The van der Waals surface area contributed by atoms with Crippen molar-refractivity contribution in [3.05, 3.63) is 60.2 Å². The molecule has 0 saturated heterocycles. The number of rotatable bonds is 7. The Hall–Kier alpha value is -2.59. The number of nitrogens with two attached hydrogens (primary N) is 1. The SMILES string of the molecule is NCCCOc1cccc(-c2cccc(/C=C/C(=O)O)c2)c1. The van der Waals surface area contributed by atoms with Crippen LogP contribution in [0.3, 0.4) is 0 Å². The lowest BCUT2D eigenvalue weighted by Gasteiger charge is -2.08. The Morgan fingerprint density at radius 2 is 1.86 bits per heavy atom. The molecule has 0 atom stereocenters. The Balaban J connectivity index is 2.19. The van der Waals surface area contributed by atoms with Crippen molar-refractivity contribution in [2.24, 2.45) is 5.73 Å². The Morgan fingerprint density at radius 1 is 1.14 bits per heavy atom. The van der Waals surface area contributed by atoms with Crippen molar-refractivity contribution in [2.45, 2.75) is 6.42 Å². The van der Waals surface area contributed by atoms with E-state index in [9.17, 15) is 4.79 Å². The molecule has 0 spiro atoms. The van der Waals surface area contributed by atoms with E-state index in [0.717, 1.165) is 34.9 Å². The van der Waals surface area contributed by atoms with Gasteiger partial charge in [-0.3, -0.25) is 0 Å². The summed E-state index contributed by atoms with van der Waals surface area (Å²) < 4.78 is 5.65. The Morgan fingerprint density at radius 3 is 2.59 bits per heavy atom. The fourth-order valence-corrected chi connectivity index (χ4v) is 2.03. The van der Waals surface area contributed by atoms with Gasteiger partial charge in [-0.15, -0.1) is 0 Å². The molecule has 0 bridgehead atoms. The third-order valence-corrected chi connectivity index (χ3v) is 3.09. The zero-order chi connectivity index (χ0) is 15.8. The molecule has 0 aliphatic heterocycles. The van der Waals surface area contributed by atoms with Gasteiger partial charge in [0.05, 0.1) is 6.61 Å². The minimum atomic E-state index is -0.958. The van der Waals surface area contributed by atoms with Crippen molar-refractivity contribution in [2.75, 3.05) is 13.2 Å². The van der Waals surface area contributed by atoms with Gasteiger partial charge in [0.2, 0.25) is 0 Å². The van der Waals surface area contributed by atoms with Crippen molar-refractivity contribution in [1.82, 2.24) is 0 Å². The lowest BCUT2D eigenvalue weighted by Crippen LogP contribution is -2.06. The second-order valence-corrected chi connectivity index (χ2v) is 4.82. The van der Waals surface area contributed by atoms with E-state index >= 15 is 0 Å². The van der Waals surface area contributed by atoms with Gasteiger partial charge in [0.1, 0.15) is 5.75 Å². The second kappa shape index (κ2) is 8.00. The van der Waals surface area contributed by atoms with E-state index < -0.39 is 5.97 Å². The Kier molecular flexibility index (Phi) is 5.74. The van der Waals surface area contributed by atoms with Crippen molar-refractivity contribution >= 4 is 12.0 Å². The van der Waals surface area contributed by atoms with E-state index in [-0.39, 0.29) is 0 Å². The van der Waals surface area contributed by atoms with Gasteiger partial charge in [0.25, 0.3) is 0 Å². The molecule has 0 aromatic heterocycles. The van der Waals surface area contributed by atoms with Crippen LogP contribution in [0.25, 0.3) is 17.2 Å². The molecular weight excluding hydrogens is 278 g/mol. The normalized spacial score (nSPS) is 10.8. The predicted molar refractivity (Wildman–Crippen MR) is 87.7 cm³/mol. The van der Waals surface area contributed by atoms with Gasteiger partial charge in [-0.2, -0.15) is 0 Å². The van der Waals surface area contributed by atoms with E-state index in [1.807, 2.05) is 48.5 Å². The van der Waals surface area contributed by atoms with Crippen LogP contribution in [-0.2, 0) is 4.79 Å². The number of carboxylic acid groups (broad SMARTS) is 1. The molecule has 0 fully saturated rings. The minimum absolute atomic E-state index is 0.599. The predicted octanol–water partition coefficient (Wildman–Crippen LogP) is 3.18. The van der Waals surface area contributed by atoms with Gasteiger partial charge < -0.3 is 15.6 Å². The summed E-state index contributed by atoms with van der Waals surface area (Å²) in [6, 6.07) is 15.5. The van der Waals surface area contributed by atoms with E-state index in [2.05, 4.69) is 0 Å². The van der Waals surface area contributed by atoms with Crippen LogP contribution in [-0.4, -0.2) is 24.2 Å². The maximum absolute atomic E-state index is 10.6. The van der Waals surface area contributed by atoms with Crippen LogP contribution in [0.4, 0.5) is 0 Å². The first-order valence-corrected chi connectivity index (χ1v) is 7.13. The van der Waals surface area contributed by atoms with Gasteiger partial charge in [-0.05, 0) is 53.9 Å². The lowest BCUT2D eigenvalue weighted by molar-refractivity contribution is -0.131. The summed E-state index contributed by atoms with van der Waals surface area (Å²) in [6.45, 7) is 1.21. The highest BCUT2D eigenvalue weighted by atomic mass is 16.5. The summed E-state index contributed by atoms with van der Waals surface area (Å²) >= 11 is 0. The monoisotopic (exact) mass is 297 g/mol. The molecular formula is C18H19NO3. The first-order chi connectivity index (χ1) is 10.7. The topological polar surface area (TPSA) is 72.5 Å². The lowest BCUT2D eigenvalue weighted by atomic mass is 10.0. The largest absolute Gasteiger partial charge is 0.494 e. The molecule has 4 nitrogen and oxygen atoms in total. The third kappa shape index (κ3) is 4.75. The summed E-state index contributed by atoms with van der Waals surface area (Å²) in [7, 11) is 0. The fraction of sp³-hybridized carbons (Fsp3) is 0.167. The van der Waals surface area contributed by atoms with Crippen LogP contribution in [0.5, 0.6) is 5.75 Å². The number of hydrogen-bond donors (Lipinski definition) is 2. The first kappa shape index (κ1) is 15.8. The molecule has 0 saturated carbocycles. The van der Waals surface area contributed by atoms with Gasteiger partial charge in [0.15, 0.2) is 0 Å². The molecule has 2 aromatic carbocycles. The smallest absolute Gasteiger partial charge is 0.328 e. The maximum atomic E-state index is 10.6.